The van der Waals surface area contributed by atoms with Crippen molar-refractivity contribution in [2.45, 2.75) is 25.8 Å². The minimum absolute atomic E-state index is 0. The third kappa shape index (κ3) is 6.21. The summed E-state index contributed by atoms with van der Waals surface area (Å²) in [6.07, 6.45) is 1.69. The summed E-state index contributed by atoms with van der Waals surface area (Å²) in [5.41, 5.74) is 5.42. The molecule has 3 N–H and O–H groups in total. The van der Waals surface area contributed by atoms with Gasteiger partial charge in [0.1, 0.15) is 0 Å². The van der Waals surface area contributed by atoms with Gasteiger partial charge in [-0.3, -0.25) is 0 Å². The lowest BCUT2D eigenvalue weighted by atomic mass is 10.2. The molecule has 0 aromatic heterocycles. The predicted molar refractivity (Wildman–Crippen MR) is 37.2 cm³/mol. The molecule has 0 amide bonds. The summed E-state index contributed by atoms with van der Waals surface area (Å²) in [6.45, 7) is 2.23. The molecule has 2 nitrogen and oxygen atoms in total. The molecule has 8 heavy (non-hydrogen) atoms. The van der Waals surface area contributed by atoms with Gasteiger partial charge in [-0.25, -0.2) is 0 Å². The van der Waals surface area contributed by atoms with Gasteiger partial charge >= 0.3 is 0 Å². The minimum Gasteiger partial charge on any atom is -0.396 e. The molecule has 0 aliphatic carbocycles. The summed E-state index contributed by atoms with van der Waals surface area (Å²) in [5, 5.41) is 8.29. The number of rotatable bonds is 3. The zero-order valence-corrected chi connectivity index (χ0v) is 5.95. The highest BCUT2D eigenvalue weighted by molar-refractivity contribution is 5.85. The molecule has 0 saturated carbocycles. The average Bonchev–Trinajstić information content (AvgIpc) is 1.68. The van der Waals surface area contributed by atoms with Crippen molar-refractivity contribution >= 4 is 12.4 Å². The van der Waals surface area contributed by atoms with Gasteiger partial charge in [0.25, 0.3) is 0 Å². The maximum atomic E-state index is 8.29. The van der Waals surface area contributed by atoms with Gasteiger partial charge in [-0.2, -0.15) is 0 Å². The van der Waals surface area contributed by atoms with Crippen LogP contribution in [0.25, 0.3) is 0 Å². The van der Waals surface area contributed by atoms with Crippen LogP contribution in [0.1, 0.15) is 19.8 Å². The minimum atomic E-state index is 0. The molecule has 0 radical (unpaired) electrons. The van der Waals surface area contributed by atoms with Crippen molar-refractivity contribution in [3.63, 3.8) is 0 Å². The molecule has 3 heteroatoms. The lowest BCUT2D eigenvalue weighted by molar-refractivity contribution is 0.274. The molecule has 0 aromatic carbocycles. The highest BCUT2D eigenvalue weighted by atomic mass is 35.5. The van der Waals surface area contributed by atoms with Crippen LogP contribution in [0.5, 0.6) is 0 Å². The molecule has 0 unspecified atom stereocenters. The van der Waals surface area contributed by atoms with Crippen LogP contribution >= 0.6 is 12.4 Å². The molecular formula is C5H14ClNO. The van der Waals surface area contributed by atoms with Gasteiger partial charge < -0.3 is 10.8 Å². The monoisotopic (exact) mass is 139 g/mol. The van der Waals surface area contributed by atoms with Gasteiger partial charge in [0.2, 0.25) is 0 Å². The fourth-order valence-electron chi connectivity index (χ4n) is 0.370. The van der Waals surface area contributed by atoms with Crippen molar-refractivity contribution in [2.75, 3.05) is 6.61 Å². The van der Waals surface area contributed by atoms with E-state index >= 15 is 0 Å². The SMILES string of the molecule is CC[C@@H](N)CCO.Cl. The van der Waals surface area contributed by atoms with Crippen molar-refractivity contribution in [1.82, 2.24) is 0 Å². The molecule has 0 heterocycles. The smallest absolute Gasteiger partial charge is 0.0445 e. The Morgan fingerprint density at radius 2 is 2.12 bits per heavy atom. The van der Waals surface area contributed by atoms with Gasteiger partial charge in [-0.1, -0.05) is 6.92 Å². The largest absolute Gasteiger partial charge is 0.396 e. The number of aliphatic hydroxyl groups excluding tert-OH is 1. The first kappa shape index (κ1) is 11.1. The Labute approximate surface area is 56.5 Å². The second-order valence-corrected chi connectivity index (χ2v) is 1.68. The van der Waals surface area contributed by atoms with E-state index in [0.29, 0.717) is 0 Å². The first-order chi connectivity index (χ1) is 3.31. The third-order valence-electron chi connectivity index (χ3n) is 1.02. The van der Waals surface area contributed by atoms with Crippen LogP contribution in [-0.4, -0.2) is 17.8 Å². The number of halogens is 1. The van der Waals surface area contributed by atoms with E-state index in [2.05, 4.69) is 0 Å². The maximum Gasteiger partial charge on any atom is 0.0445 e. The Hall–Kier alpha value is 0.210. The summed E-state index contributed by atoms with van der Waals surface area (Å²) in [5.74, 6) is 0. The van der Waals surface area contributed by atoms with Crippen LogP contribution in [-0.2, 0) is 0 Å². The van der Waals surface area contributed by atoms with Crippen molar-refractivity contribution in [1.29, 1.82) is 0 Å². The Morgan fingerprint density at radius 3 is 2.25 bits per heavy atom. The number of hydrogen-bond donors (Lipinski definition) is 2. The van der Waals surface area contributed by atoms with Gasteiger partial charge in [0.15, 0.2) is 0 Å². The van der Waals surface area contributed by atoms with Crippen LogP contribution in [0.3, 0.4) is 0 Å². The van der Waals surface area contributed by atoms with E-state index in [0.717, 1.165) is 12.8 Å². The molecule has 52 valence electrons. The molecule has 0 aliphatic rings. The highest BCUT2D eigenvalue weighted by Gasteiger charge is 1.93. The topological polar surface area (TPSA) is 46.2 Å². The van der Waals surface area contributed by atoms with Crippen LogP contribution in [0.4, 0.5) is 0 Å². The second kappa shape index (κ2) is 7.21. The highest BCUT2D eigenvalue weighted by Crippen LogP contribution is 1.89. The normalized spacial score (nSPS) is 12.4. The van der Waals surface area contributed by atoms with Gasteiger partial charge in [0, 0.05) is 12.6 Å². The second-order valence-electron chi connectivity index (χ2n) is 1.68. The molecule has 0 rings (SSSR count). The lowest BCUT2D eigenvalue weighted by Gasteiger charge is -2.02. The Kier molecular flexibility index (Phi) is 9.97. The molecule has 0 aromatic rings. The summed E-state index contributed by atoms with van der Waals surface area (Å²) in [4.78, 5) is 0. The van der Waals surface area contributed by atoms with E-state index in [9.17, 15) is 0 Å². The van der Waals surface area contributed by atoms with E-state index in [1.165, 1.54) is 0 Å². The summed E-state index contributed by atoms with van der Waals surface area (Å²) >= 11 is 0. The van der Waals surface area contributed by atoms with Gasteiger partial charge in [-0.05, 0) is 12.8 Å². The van der Waals surface area contributed by atoms with Crippen molar-refractivity contribution in [3.8, 4) is 0 Å². The van der Waals surface area contributed by atoms with Gasteiger partial charge in [0.05, 0.1) is 0 Å². The zero-order chi connectivity index (χ0) is 5.70. The van der Waals surface area contributed by atoms with Crippen LogP contribution in [0, 0.1) is 0 Å². The zero-order valence-electron chi connectivity index (χ0n) is 5.13. The number of nitrogens with two attached hydrogens (primary N) is 1. The molecule has 1 atom stereocenters. The Morgan fingerprint density at radius 1 is 1.62 bits per heavy atom. The summed E-state index contributed by atoms with van der Waals surface area (Å²) in [7, 11) is 0. The van der Waals surface area contributed by atoms with E-state index in [-0.39, 0.29) is 25.1 Å². The Balaban J connectivity index is 0. The third-order valence-corrected chi connectivity index (χ3v) is 1.02. The van der Waals surface area contributed by atoms with E-state index in [1.807, 2.05) is 6.92 Å². The Bertz CT molecular complexity index is 43.4. The predicted octanol–water partition coefficient (Wildman–Crippen LogP) is 0.528. The van der Waals surface area contributed by atoms with Crippen LogP contribution < -0.4 is 5.73 Å². The first-order valence-electron chi connectivity index (χ1n) is 2.67. The van der Waals surface area contributed by atoms with Crippen molar-refractivity contribution in [3.05, 3.63) is 0 Å². The average molecular weight is 140 g/mol. The van der Waals surface area contributed by atoms with Crippen LogP contribution in [0.2, 0.25) is 0 Å². The standard InChI is InChI=1S/C5H13NO.ClH/c1-2-5(6)3-4-7;/h5,7H,2-4,6H2,1H3;1H/t5-;/m1./s1. The quantitative estimate of drug-likeness (QED) is 0.599. The van der Waals surface area contributed by atoms with Gasteiger partial charge in [-0.15, -0.1) is 12.4 Å². The maximum absolute atomic E-state index is 8.29. The van der Waals surface area contributed by atoms with Crippen molar-refractivity contribution in [2.24, 2.45) is 5.73 Å². The lowest BCUT2D eigenvalue weighted by Crippen LogP contribution is -2.19. The van der Waals surface area contributed by atoms with E-state index in [4.69, 9.17) is 10.8 Å². The molecule has 0 spiro atoms. The first-order valence-corrected chi connectivity index (χ1v) is 2.67. The number of hydrogen-bond acceptors (Lipinski definition) is 2. The molecule has 0 fully saturated rings. The summed E-state index contributed by atoms with van der Waals surface area (Å²) < 4.78 is 0. The van der Waals surface area contributed by atoms with E-state index < -0.39 is 0 Å². The summed E-state index contributed by atoms with van der Waals surface area (Å²) in [6, 6.07) is 0.199. The molecular weight excluding hydrogens is 126 g/mol. The fourth-order valence-corrected chi connectivity index (χ4v) is 0.370. The molecule has 0 saturated heterocycles. The fraction of sp³-hybridized carbons (Fsp3) is 1.00. The van der Waals surface area contributed by atoms with E-state index in [1.54, 1.807) is 0 Å². The molecule has 0 bridgehead atoms. The van der Waals surface area contributed by atoms with Crippen LogP contribution in [0.15, 0.2) is 0 Å². The van der Waals surface area contributed by atoms with Crippen molar-refractivity contribution < 1.29 is 5.11 Å². The molecule has 0 aliphatic heterocycles. The number of aliphatic hydroxyl groups is 1.